The average Bonchev–Trinajstić information content (AvgIpc) is 3.12. The maximum Gasteiger partial charge on any atom is 0.331 e. The van der Waals surface area contributed by atoms with E-state index in [1.165, 1.54) is 12.5 Å². The molecular formula is C25H27NO7. The van der Waals surface area contributed by atoms with Crippen molar-refractivity contribution in [2.75, 3.05) is 20.2 Å². The molecule has 5 atom stereocenters. The highest BCUT2D eigenvalue weighted by atomic mass is 16.6. The van der Waals surface area contributed by atoms with Crippen LogP contribution in [0, 0.1) is 5.92 Å². The number of carbonyl (C=O) groups excluding carboxylic acids is 3. The smallest absolute Gasteiger partial charge is 0.331 e. The minimum Gasteiger partial charge on any atom is -0.481 e. The van der Waals surface area contributed by atoms with Gasteiger partial charge in [-0.05, 0) is 51.1 Å². The first-order chi connectivity index (χ1) is 15.8. The highest BCUT2D eigenvalue weighted by molar-refractivity contribution is 5.91. The minimum atomic E-state index is -0.646. The number of rotatable bonds is 5. The van der Waals surface area contributed by atoms with Gasteiger partial charge in [0.15, 0.2) is 17.6 Å². The van der Waals surface area contributed by atoms with Gasteiger partial charge in [0.05, 0.1) is 6.61 Å². The molecule has 1 aromatic carbocycles. The van der Waals surface area contributed by atoms with E-state index in [0.29, 0.717) is 17.5 Å². The quantitative estimate of drug-likeness (QED) is 0.290. The number of nitrogens with zero attached hydrogens (tertiary/aromatic N) is 1. The molecule has 0 unspecified atom stereocenters. The normalized spacial score (nSPS) is 31.0. The molecule has 0 saturated carbocycles. The largest absolute Gasteiger partial charge is 0.481 e. The SMILES string of the molecule is CCOC(=O)C=CC(=O)O[C@H]1C=C[C@H]2[C@H]3Cc4ccc(OC(C)=O)c5c4[C@@]2(CCN3C)[C@H]1O5. The summed E-state index contributed by atoms with van der Waals surface area (Å²) in [7, 11) is 2.14. The van der Waals surface area contributed by atoms with Crippen LogP contribution in [-0.4, -0.2) is 61.3 Å². The minimum absolute atomic E-state index is 0.188. The van der Waals surface area contributed by atoms with Crippen LogP contribution in [0.1, 0.15) is 31.4 Å². The number of hydrogen-bond acceptors (Lipinski definition) is 8. The molecule has 5 rings (SSSR count). The standard InChI is InChI=1S/C25H27NO7/c1-4-30-20(28)9-10-21(29)32-19-8-6-16-17-13-15-5-7-18(31-14(2)27)23-22(15)25(16,24(19)33-23)11-12-26(17)3/h5-10,16-17,19,24H,4,11-13H2,1-3H3/t16-,17+,19-,24-,25-/m0/s1. The van der Waals surface area contributed by atoms with Gasteiger partial charge in [0.2, 0.25) is 0 Å². The Morgan fingerprint density at radius 2 is 2.00 bits per heavy atom. The van der Waals surface area contributed by atoms with Crippen molar-refractivity contribution in [1.82, 2.24) is 4.90 Å². The van der Waals surface area contributed by atoms with E-state index in [2.05, 4.69) is 18.0 Å². The maximum absolute atomic E-state index is 12.5. The van der Waals surface area contributed by atoms with Gasteiger partial charge in [-0.15, -0.1) is 0 Å². The topological polar surface area (TPSA) is 91.4 Å². The molecule has 0 N–H and O–H groups in total. The lowest BCUT2D eigenvalue weighted by Crippen LogP contribution is -2.65. The molecule has 2 heterocycles. The van der Waals surface area contributed by atoms with E-state index >= 15 is 0 Å². The molecule has 8 heteroatoms. The fourth-order valence-corrected chi connectivity index (χ4v) is 6.05. The van der Waals surface area contributed by atoms with E-state index in [-0.39, 0.29) is 17.9 Å². The summed E-state index contributed by atoms with van der Waals surface area (Å²) in [6.07, 6.45) is 6.78. The summed E-state index contributed by atoms with van der Waals surface area (Å²) in [5.74, 6) is -0.500. The first-order valence-corrected chi connectivity index (χ1v) is 11.3. The second kappa shape index (κ2) is 8.02. The summed E-state index contributed by atoms with van der Waals surface area (Å²) in [6.45, 7) is 4.17. The van der Waals surface area contributed by atoms with Gasteiger partial charge in [0, 0.05) is 42.0 Å². The van der Waals surface area contributed by atoms with Crippen molar-refractivity contribution in [3.63, 3.8) is 0 Å². The zero-order valence-corrected chi connectivity index (χ0v) is 18.9. The Balaban J connectivity index is 1.52. The lowest BCUT2D eigenvalue weighted by atomic mass is 9.53. The Hall–Kier alpha value is -3.13. The van der Waals surface area contributed by atoms with Gasteiger partial charge in [-0.25, -0.2) is 9.59 Å². The Kier molecular flexibility index (Phi) is 5.28. The van der Waals surface area contributed by atoms with Crippen LogP contribution in [0.4, 0.5) is 0 Å². The molecule has 1 saturated heterocycles. The maximum atomic E-state index is 12.5. The third-order valence-electron chi connectivity index (χ3n) is 7.26. The number of carbonyl (C=O) groups is 3. The number of likely N-dealkylation sites (tertiary alicyclic amines) is 1. The van der Waals surface area contributed by atoms with E-state index < -0.39 is 30.1 Å². The van der Waals surface area contributed by atoms with E-state index in [1.807, 2.05) is 12.1 Å². The number of likely N-dealkylation sites (N-methyl/N-ethyl adjacent to an activating group) is 1. The predicted molar refractivity (Wildman–Crippen MR) is 117 cm³/mol. The number of piperidine rings is 1. The Morgan fingerprint density at radius 3 is 2.76 bits per heavy atom. The Bertz CT molecular complexity index is 1080. The van der Waals surface area contributed by atoms with Crippen LogP contribution in [0.2, 0.25) is 0 Å². The second-order valence-electron chi connectivity index (χ2n) is 9.00. The molecule has 1 fully saturated rings. The molecule has 0 amide bonds. The number of hydrogen-bond donors (Lipinski definition) is 0. The van der Waals surface area contributed by atoms with Gasteiger partial charge < -0.3 is 23.8 Å². The number of benzene rings is 1. The number of esters is 3. The molecule has 0 radical (unpaired) electrons. The second-order valence-corrected chi connectivity index (χ2v) is 9.00. The van der Waals surface area contributed by atoms with Gasteiger partial charge in [-0.2, -0.15) is 0 Å². The van der Waals surface area contributed by atoms with Gasteiger partial charge in [-0.3, -0.25) is 4.79 Å². The van der Waals surface area contributed by atoms with Crippen LogP contribution in [0.3, 0.4) is 0 Å². The van der Waals surface area contributed by atoms with Gasteiger partial charge in [0.1, 0.15) is 6.10 Å². The van der Waals surface area contributed by atoms with E-state index in [9.17, 15) is 14.4 Å². The van der Waals surface area contributed by atoms with Crippen molar-refractivity contribution >= 4 is 17.9 Å². The zero-order chi connectivity index (χ0) is 23.3. The first-order valence-electron chi connectivity index (χ1n) is 11.3. The molecular weight excluding hydrogens is 426 g/mol. The molecule has 1 aromatic rings. The summed E-state index contributed by atoms with van der Waals surface area (Å²) in [5.41, 5.74) is 1.88. The summed E-state index contributed by atoms with van der Waals surface area (Å²) in [4.78, 5) is 38.2. The van der Waals surface area contributed by atoms with E-state index in [1.54, 1.807) is 13.0 Å². The average molecular weight is 453 g/mol. The predicted octanol–water partition coefficient (Wildman–Crippen LogP) is 2.09. The highest BCUT2D eigenvalue weighted by Gasteiger charge is 2.65. The lowest BCUT2D eigenvalue weighted by molar-refractivity contribution is -0.149. The summed E-state index contributed by atoms with van der Waals surface area (Å²) in [6, 6.07) is 4.12. The van der Waals surface area contributed by atoms with Crippen molar-refractivity contribution in [3.8, 4) is 11.5 Å². The van der Waals surface area contributed by atoms with Crippen LogP contribution < -0.4 is 9.47 Å². The molecule has 0 aromatic heterocycles. The fraction of sp³-hybridized carbons (Fsp3) is 0.480. The molecule has 2 aliphatic carbocycles. The monoisotopic (exact) mass is 453 g/mol. The highest BCUT2D eigenvalue weighted by Crippen LogP contribution is 2.62. The third kappa shape index (κ3) is 3.35. The molecule has 4 aliphatic rings. The summed E-state index contributed by atoms with van der Waals surface area (Å²) >= 11 is 0. The van der Waals surface area contributed by atoms with Crippen LogP contribution >= 0.6 is 0 Å². The summed E-state index contributed by atoms with van der Waals surface area (Å²) < 4.78 is 22.5. The Morgan fingerprint density at radius 1 is 1.21 bits per heavy atom. The molecule has 33 heavy (non-hydrogen) atoms. The van der Waals surface area contributed by atoms with Crippen LogP contribution in [0.5, 0.6) is 11.5 Å². The molecule has 2 bridgehead atoms. The molecule has 2 aliphatic heterocycles. The van der Waals surface area contributed by atoms with Crippen molar-refractivity contribution < 1.29 is 33.3 Å². The van der Waals surface area contributed by atoms with Crippen LogP contribution in [0.25, 0.3) is 0 Å². The molecule has 8 nitrogen and oxygen atoms in total. The van der Waals surface area contributed by atoms with Crippen molar-refractivity contribution in [3.05, 3.63) is 47.6 Å². The summed E-state index contributed by atoms with van der Waals surface area (Å²) in [5, 5.41) is 0. The zero-order valence-electron chi connectivity index (χ0n) is 18.9. The van der Waals surface area contributed by atoms with Crippen LogP contribution in [-0.2, 0) is 35.7 Å². The van der Waals surface area contributed by atoms with Crippen molar-refractivity contribution in [2.45, 2.75) is 50.4 Å². The van der Waals surface area contributed by atoms with Crippen LogP contribution in [0.15, 0.2) is 36.4 Å². The van der Waals surface area contributed by atoms with Crippen molar-refractivity contribution in [1.29, 1.82) is 0 Å². The lowest BCUT2D eigenvalue weighted by Gasteiger charge is -2.56. The van der Waals surface area contributed by atoms with Gasteiger partial charge in [-0.1, -0.05) is 12.1 Å². The van der Waals surface area contributed by atoms with Crippen molar-refractivity contribution in [2.24, 2.45) is 5.92 Å². The van der Waals surface area contributed by atoms with Gasteiger partial charge >= 0.3 is 17.9 Å². The fourth-order valence-electron chi connectivity index (χ4n) is 6.05. The van der Waals surface area contributed by atoms with E-state index in [4.69, 9.17) is 18.9 Å². The first kappa shape index (κ1) is 21.7. The van der Waals surface area contributed by atoms with Gasteiger partial charge in [0.25, 0.3) is 0 Å². The number of ether oxygens (including phenoxy) is 4. The Labute approximate surface area is 192 Å². The third-order valence-corrected chi connectivity index (χ3v) is 7.26. The van der Waals surface area contributed by atoms with E-state index in [0.717, 1.165) is 37.1 Å². The molecule has 1 spiro atoms. The molecule has 174 valence electrons.